The number of ether oxygens (including phenoxy) is 3. The van der Waals surface area contributed by atoms with Gasteiger partial charge in [-0.25, -0.2) is 0 Å². The predicted octanol–water partition coefficient (Wildman–Crippen LogP) is 0.582. The monoisotopic (exact) mass is 233 g/mol. The average Bonchev–Trinajstić information content (AvgIpc) is 2.27. The van der Waals surface area contributed by atoms with Gasteiger partial charge in [0.05, 0.1) is 26.4 Å². The molecule has 0 aliphatic heterocycles. The summed E-state index contributed by atoms with van der Waals surface area (Å²) in [5.74, 6) is -0.196. The normalized spacial score (nSPS) is 10.4. The minimum atomic E-state index is -0.196. The van der Waals surface area contributed by atoms with Crippen molar-refractivity contribution in [1.82, 2.24) is 5.32 Å². The summed E-state index contributed by atoms with van der Waals surface area (Å²) in [5.41, 5.74) is 0. The molecule has 96 valence electrons. The van der Waals surface area contributed by atoms with E-state index in [1.54, 1.807) is 14.0 Å². The van der Waals surface area contributed by atoms with Gasteiger partial charge >= 0.3 is 5.97 Å². The highest BCUT2D eigenvalue weighted by molar-refractivity contribution is 5.71. The highest BCUT2D eigenvalue weighted by Gasteiger charge is 1.99. The Morgan fingerprint density at radius 3 is 2.69 bits per heavy atom. The maximum absolute atomic E-state index is 10.9. The van der Waals surface area contributed by atoms with Crippen LogP contribution >= 0.6 is 0 Å². The molecule has 0 aromatic heterocycles. The summed E-state index contributed by atoms with van der Waals surface area (Å²) >= 11 is 0. The molecule has 0 saturated carbocycles. The summed E-state index contributed by atoms with van der Waals surface area (Å²) < 4.78 is 14.9. The molecule has 0 radical (unpaired) electrons. The zero-order valence-electron chi connectivity index (χ0n) is 10.3. The van der Waals surface area contributed by atoms with E-state index >= 15 is 0 Å². The Labute approximate surface area is 97.4 Å². The van der Waals surface area contributed by atoms with Crippen molar-refractivity contribution in [3.8, 4) is 0 Å². The molecule has 0 amide bonds. The number of hydrogen-bond acceptors (Lipinski definition) is 5. The summed E-state index contributed by atoms with van der Waals surface area (Å²) in [4.78, 5) is 10.9. The minimum absolute atomic E-state index is 0.196. The summed E-state index contributed by atoms with van der Waals surface area (Å²) in [6.45, 7) is 5.37. The lowest BCUT2D eigenvalue weighted by molar-refractivity contribution is -0.141. The second kappa shape index (κ2) is 12.4. The first-order valence-electron chi connectivity index (χ1n) is 5.74. The van der Waals surface area contributed by atoms with Crippen LogP contribution in [0.5, 0.6) is 0 Å². The number of carbonyl (C=O) groups excluding carboxylic acids is 1. The van der Waals surface area contributed by atoms with E-state index in [9.17, 15) is 4.79 Å². The Hall–Kier alpha value is -0.650. The van der Waals surface area contributed by atoms with Crippen LogP contribution in [0, 0.1) is 0 Å². The van der Waals surface area contributed by atoms with Gasteiger partial charge in [0.2, 0.25) is 0 Å². The number of rotatable bonds is 11. The largest absolute Gasteiger partial charge is 0.465 e. The molecule has 0 rings (SSSR count). The number of carbonyl (C=O) groups is 1. The zero-order chi connectivity index (χ0) is 12.1. The number of hydrogen-bond donors (Lipinski definition) is 1. The molecule has 0 heterocycles. The first kappa shape index (κ1) is 15.3. The molecule has 0 aromatic carbocycles. The fraction of sp³-hybridized carbons (Fsp3) is 0.909. The molecule has 0 fully saturated rings. The number of esters is 1. The van der Waals surface area contributed by atoms with Gasteiger partial charge in [0, 0.05) is 13.7 Å². The standard InChI is InChI=1S/C11H23NO4/c1-3-16-11(13)10-12-6-4-5-7-15-9-8-14-2/h12H,3-10H2,1-2H3. The van der Waals surface area contributed by atoms with E-state index in [-0.39, 0.29) is 5.97 Å². The predicted molar refractivity (Wildman–Crippen MR) is 61.4 cm³/mol. The van der Waals surface area contributed by atoms with Gasteiger partial charge in [-0.3, -0.25) is 4.79 Å². The van der Waals surface area contributed by atoms with Gasteiger partial charge < -0.3 is 19.5 Å². The summed E-state index contributed by atoms with van der Waals surface area (Å²) in [5, 5.41) is 3.02. The van der Waals surface area contributed by atoms with Gasteiger partial charge in [0.15, 0.2) is 0 Å². The summed E-state index contributed by atoms with van der Waals surface area (Å²) in [6, 6.07) is 0. The first-order valence-corrected chi connectivity index (χ1v) is 5.74. The Morgan fingerprint density at radius 2 is 2.00 bits per heavy atom. The molecule has 0 aliphatic rings. The second-order valence-electron chi connectivity index (χ2n) is 3.29. The van der Waals surface area contributed by atoms with E-state index in [2.05, 4.69) is 5.32 Å². The molecule has 0 aliphatic carbocycles. The van der Waals surface area contributed by atoms with E-state index in [1.807, 2.05) is 0 Å². The van der Waals surface area contributed by atoms with E-state index < -0.39 is 0 Å². The third-order valence-electron chi connectivity index (χ3n) is 1.90. The molecule has 0 unspecified atom stereocenters. The van der Waals surface area contributed by atoms with Gasteiger partial charge in [-0.15, -0.1) is 0 Å². The average molecular weight is 233 g/mol. The molecule has 1 N–H and O–H groups in total. The van der Waals surface area contributed by atoms with Crippen LogP contribution in [0.2, 0.25) is 0 Å². The van der Waals surface area contributed by atoms with Crippen molar-refractivity contribution in [2.75, 3.05) is 46.6 Å². The van der Waals surface area contributed by atoms with E-state index in [0.717, 1.165) is 26.0 Å². The summed E-state index contributed by atoms with van der Waals surface area (Å²) in [6.07, 6.45) is 1.98. The van der Waals surface area contributed by atoms with Gasteiger partial charge in [0.1, 0.15) is 0 Å². The maximum Gasteiger partial charge on any atom is 0.319 e. The van der Waals surface area contributed by atoms with E-state index in [0.29, 0.717) is 26.4 Å². The Bertz CT molecular complexity index is 164. The van der Waals surface area contributed by atoms with Crippen molar-refractivity contribution in [3.63, 3.8) is 0 Å². The maximum atomic E-state index is 10.9. The van der Waals surface area contributed by atoms with Gasteiger partial charge in [-0.1, -0.05) is 0 Å². The minimum Gasteiger partial charge on any atom is -0.465 e. The van der Waals surface area contributed by atoms with Crippen LogP contribution in [0.3, 0.4) is 0 Å². The topological polar surface area (TPSA) is 56.8 Å². The van der Waals surface area contributed by atoms with Crippen molar-refractivity contribution in [3.05, 3.63) is 0 Å². The van der Waals surface area contributed by atoms with Crippen LogP contribution < -0.4 is 5.32 Å². The lowest BCUT2D eigenvalue weighted by atomic mass is 10.3. The molecule has 0 saturated heterocycles. The third kappa shape index (κ3) is 11.4. The van der Waals surface area contributed by atoms with Gasteiger partial charge in [-0.2, -0.15) is 0 Å². The summed E-state index contributed by atoms with van der Waals surface area (Å²) in [7, 11) is 1.66. The number of methoxy groups -OCH3 is 1. The highest BCUT2D eigenvalue weighted by atomic mass is 16.5. The fourth-order valence-electron chi connectivity index (χ4n) is 1.10. The van der Waals surface area contributed by atoms with E-state index in [1.165, 1.54) is 0 Å². The molecule has 5 nitrogen and oxygen atoms in total. The van der Waals surface area contributed by atoms with Crippen LogP contribution in [-0.4, -0.2) is 52.6 Å². The molecule has 0 atom stereocenters. The first-order chi connectivity index (χ1) is 7.81. The Balaban J connectivity index is 3.01. The Kier molecular flexibility index (Phi) is 11.9. The van der Waals surface area contributed by atoms with Crippen LogP contribution in [0.4, 0.5) is 0 Å². The lowest BCUT2D eigenvalue weighted by Gasteiger charge is -2.05. The number of nitrogens with one attached hydrogen (secondary N) is 1. The van der Waals surface area contributed by atoms with Crippen LogP contribution in [0.15, 0.2) is 0 Å². The van der Waals surface area contributed by atoms with Crippen molar-refractivity contribution in [1.29, 1.82) is 0 Å². The molecular weight excluding hydrogens is 210 g/mol. The van der Waals surface area contributed by atoms with Gasteiger partial charge in [-0.05, 0) is 26.3 Å². The van der Waals surface area contributed by atoms with Crippen molar-refractivity contribution < 1.29 is 19.0 Å². The van der Waals surface area contributed by atoms with Crippen LogP contribution in [0.1, 0.15) is 19.8 Å². The van der Waals surface area contributed by atoms with Gasteiger partial charge in [0.25, 0.3) is 0 Å². The third-order valence-corrected chi connectivity index (χ3v) is 1.90. The molecule has 16 heavy (non-hydrogen) atoms. The molecule has 0 aromatic rings. The van der Waals surface area contributed by atoms with Crippen molar-refractivity contribution in [2.45, 2.75) is 19.8 Å². The second-order valence-corrected chi connectivity index (χ2v) is 3.29. The zero-order valence-corrected chi connectivity index (χ0v) is 10.3. The lowest BCUT2D eigenvalue weighted by Crippen LogP contribution is -2.25. The molecule has 5 heteroatoms. The molecular formula is C11H23NO4. The Morgan fingerprint density at radius 1 is 1.19 bits per heavy atom. The van der Waals surface area contributed by atoms with Crippen LogP contribution in [-0.2, 0) is 19.0 Å². The molecule has 0 spiro atoms. The van der Waals surface area contributed by atoms with E-state index in [4.69, 9.17) is 14.2 Å². The van der Waals surface area contributed by atoms with Crippen LogP contribution in [0.25, 0.3) is 0 Å². The quantitative estimate of drug-likeness (QED) is 0.418. The SMILES string of the molecule is CCOC(=O)CNCCCCOCCOC. The highest BCUT2D eigenvalue weighted by Crippen LogP contribution is 1.88. The van der Waals surface area contributed by atoms with Crippen molar-refractivity contribution in [2.24, 2.45) is 0 Å². The van der Waals surface area contributed by atoms with Crippen molar-refractivity contribution >= 4 is 5.97 Å². The molecule has 0 bridgehead atoms. The number of unbranched alkanes of at least 4 members (excludes halogenated alkanes) is 1. The fourth-order valence-corrected chi connectivity index (χ4v) is 1.10. The smallest absolute Gasteiger partial charge is 0.319 e.